The van der Waals surface area contributed by atoms with Crippen LogP contribution in [-0.4, -0.2) is 38.1 Å². The Labute approximate surface area is 194 Å². The van der Waals surface area contributed by atoms with Crippen LogP contribution in [-0.2, 0) is 5.41 Å². The number of benzene rings is 2. The number of aliphatic imine (C=N–C) groups is 1. The molecule has 174 valence electrons. The van der Waals surface area contributed by atoms with E-state index in [0.717, 1.165) is 31.2 Å². The summed E-state index contributed by atoms with van der Waals surface area (Å²) in [5, 5.41) is 17.9. The number of methoxy groups -OCH3 is 1. The van der Waals surface area contributed by atoms with Gasteiger partial charge in [-0.2, -0.15) is 5.26 Å². The topological polar surface area (TPSA) is 98.5 Å². The molecule has 1 fully saturated rings. The Morgan fingerprint density at radius 3 is 2.67 bits per heavy atom. The van der Waals surface area contributed by atoms with Gasteiger partial charge in [-0.25, -0.2) is 4.39 Å². The van der Waals surface area contributed by atoms with Gasteiger partial charge in [0.15, 0.2) is 6.19 Å². The number of nitrogens with one attached hydrogen (secondary N) is 3. The summed E-state index contributed by atoms with van der Waals surface area (Å²) in [7, 11) is 1.53. The molecule has 7 nitrogen and oxygen atoms in total. The number of halogens is 1. The number of hydrogen-bond donors (Lipinski definition) is 3. The molecule has 8 heteroatoms. The van der Waals surface area contributed by atoms with Crippen LogP contribution in [0.15, 0.2) is 53.5 Å². The van der Waals surface area contributed by atoms with Gasteiger partial charge in [-0.3, -0.25) is 15.1 Å². The molecule has 2 aromatic rings. The lowest BCUT2D eigenvalue weighted by molar-refractivity contribution is 0.0932. The lowest BCUT2D eigenvalue weighted by atomic mass is 9.68. The van der Waals surface area contributed by atoms with Crippen LogP contribution >= 0.6 is 0 Å². The molecule has 0 aromatic heterocycles. The molecule has 0 unspecified atom stereocenters. The first-order valence-corrected chi connectivity index (χ1v) is 11.1. The van der Waals surface area contributed by atoms with Crippen LogP contribution in [0.1, 0.15) is 48.5 Å². The van der Waals surface area contributed by atoms with E-state index in [1.54, 1.807) is 30.3 Å². The minimum Gasteiger partial charge on any atom is -0.496 e. The average Bonchev–Trinajstić information content (AvgIpc) is 2.84. The van der Waals surface area contributed by atoms with Gasteiger partial charge in [-0.1, -0.05) is 24.3 Å². The van der Waals surface area contributed by atoms with Crippen molar-refractivity contribution in [3.63, 3.8) is 0 Å². The molecule has 0 aliphatic heterocycles. The van der Waals surface area contributed by atoms with Crippen molar-refractivity contribution in [2.45, 2.75) is 44.1 Å². The first-order valence-electron chi connectivity index (χ1n) is 11.1. The molecule has 0 radical (unpaired) electrons. The number of rotatable bonds is 7. The maximum absolute atomic E-state index is 14.1. The zero-order valence-corrected chi connectivity index (χ0v) is 19.0. The van der Waals surface area contributed by atoms with Gasteiger partial charge in [0.25, 0.3) is 5.91 Å². The second kappa shape index (κ2) is 11.3. The molecule has 0 heterocycles. The van der Waals surface area contributed by atoms with Gasteiger partial charge in [-0.05, 0) is 62.4 Å². The van der Waals surface area contributed by atoms with Gasteiger partial charge in [0.1, 0.15) is 11.6 Å². The molecule has 0 spiro atoms. The fourth-order valence-corrected chi connectivity index (χ4v) is 4.40. The van der Waals surface area contributed by atoms with Gasteiger partial charge in [0.05, 0.1) is 12.7 Å². The number of carbonyl (C=O) groups excluding carboxylic acids is 1. The number of nitriles is 1. The van der Waals surface area contributed by atoms with Crippen LogP contribution in [0.5, 0.6) is 5.75 Å². The molecular weight excluding hydrogens is 421 g/mol. The van der Waals surface area contributed by atoms with E-state index in [4.69, 9.17) is 10.00 Å². The van der Waals surface area contributed by atoms with E-state index in [0.29, 0.717) is 30.4 Å². The summed E-state index contributed by atoms with van der Waals surface area (Å²) in [6, 6.07) is 13.8. The van der Waals surface area contributed by atoms with Crippen molar-refractivity contribution < 1.29 is 13.9 Å². The van der Waals surface area contributed by atoms with E-state index in [9.17, 15) is 9.18 Å². The van der Waals surface area contributed by atoms with Crippen molar-refractivity contribution >= 4 is 11.9 Å². The molecule has 3 N–H and O–H groups in total. The average molecular weight is 452 g/mol. The number of para-hydroxylation sites is 1. The smallest absolute Gasteiger partial charge is 0.255 e. The Hall–Kier alpha value is -3.60. The summed E-state index contributed by atoms with van der Waals surface area (Å²) in [5.41, 5.74) is 0.939. The summed E-state index contributed by atoms with van der Waals surface area (Å²) in [6.07, 6.45) is 4.97. The van der Waals surface area contributed by atoms with Gasteiger partial charge < -0.3 is 15.4 Å². The molecule has 3 rings (SSSR count). The van der Waals surface area contributed by atoms with Gasteiger partial charge in [-0.15, -0.1) is 0 Å². The second-order valence-corrected chi connectivity index (χ2v) is 8.15. The third-order valence-corrected chi connectivity index (χ3v) is 6.15. The molecule has 0 bridgehead atoms. The third-order valence-electron chi connectivity index (χ3n) is 6.15. The van der Waals surface area contributed by atoms with Crippen molar-refractivity contribution in [1.29, 1.82) is 5.26 Å². The largest absolute Gasteiger partial charge is 0.496 e. The minimum absolute atomic E-state index is 0.128. The summed E-state index contributed by atoms with van der Waals surface area (Å²) in [5.74, 6) is 0.459. The second-order valence-electron chi connectivity index (χ2n) is 8.15. The molecule has 0 saturated heterocycles. The molecule has 2 aromatic carbocycles. The maximum atomic E-state index is 14.1. The maximum Gasteiger partial charge on any atom is 0.255 e. The van der Waals surface area contributed by atoms with E-state index in [1.165, 1.54) is 13.2 Å². The number of ether oxygens (including phenoxy) is 1. The van der Waals surface area contributed by atoms with Crippen LogP contribution < -0.4 is 20.7 Å². The Bertz CT molecular complexity index is 1030. The molecule has 1 amide bonds. The zero-order valence-electron chi connectivity index (χ0n) is 19.0. The SMILES string of the molecule is CCN=C(NC#N)NC1CCC(CNC(=O)c2ccccc2OC)(c2cccc(F)c2)CC1. The van der Waals surface area contributed by atoms with Crippen LogP contribution in [0.2, 0.25) is 0 Å². The summed E-state index contributed by atoms with van der Waals surface area (Å²) < 4.78 is 19.4. The van der Waals surface area contributed by atoms with E-state index in [2.05, 4.69) is 20.9 Å². The van der Waals surface area contributed by atoms with Crippen LogP contribution in [0, 0.1) is 17.3 Å². The lowest BCUT2D eigenvalue weighted by Crippen LogP contribution is -2.49. The Morgan fingerprint density at radius 2 is 2.00 bits per heavy atom. The Morgan fingerprint density at radius 1 is 1.24 bits per heavy atom. The standard InChI is InChI=1S/C25H30FN5O2/c1-3-28-24(30-17-27)31-20-11-13-25(14-12-20,18-7-6-8-19(26)15-18)16-29-23(32)21-9-4-5-10-22(21)33-2/h4-10,15,20H,3,11-14,16H2,1-2H3,(H,29,32)(H2,28,30,31). The molecule has 33 heavy (non-hydrogen) atoms. The van der Waals surface area contributed by atoms with Crippen molar-refractivity contribution in [1.82, 2.24) is 16.0 Å². The number of amides is 1. The fraction of sp³-hybridized carbons (Fsp3) is 0.400. The van der Waals surface area contributed by atoms with E-state index < -0.39 is 5.41 Å². The highest BCUT2D eigenvalue weighted by molar-refractivity contribution is 5.97. The number of guanidine groups is 1. The highest BCUT2D eigenvalue weighted by Gasteiger charge is 2.38. The Kier molecular flexibility index (Phi) is 8.25. The highest BCUT2D eigenvalue weighted by atomic mass is 19.1. The first kappa shape index (κ1) is 24.1. The fourth-order valence-electron chi connectivity index (χ4n) is 4.40. The van der Waals surface area contributed by atoms with Crippen molar-refractivity contribution in [2.24, 2.45) is 4.99 Å². The molecular formula is C25H30FN5O2. The number of nitrogens with zero attached hydrogens (tertiary/aromatic N) is 2. The number of hydrogen-bond acceptors (Lipinski definition) is 4. The zero-order chi connectivity index (χ0) is 23.7. The molecule has 1 aliphatic carbocycles. The predicted molar refractivity (Wildman–Crippen MR) is 126 cm³/mol. The molecule has 0 atom stereocenters. The van der Waals surface area contributed by atoms with Crippen molar-refractivity contribution in [2.75, 3.05) is 20.2 Å². The van der Waals surface area contributed by atoms with Gasteiger partial charge in [0.2, 0.25) is 5.96 Å². The quantitative estimate of drug-likeness (QED) is 0.259. The number of carbonyl (C=O) groups is 1. The summed E-state index contributed by atoms with van der Waals surface area (Å²) >= 11 is 0. The van der Waals surface area contributed by atoms with Gasteiger partial charge in [0, 0.05) is 24.5 Å². The Balaban J connectivity index is 1.76. The van der Waals surface area contributed by atoms with Crippen LogP contribution in [0.3, 0.4) is 0 Å². The van der Waals surface area contributed by atoms with E-state index in [-0.39, 0.29) is 17.8 Å². The minimum atomic E-state index is -0.400. The van der Waals surface area contributed by atoms with Gasteiger partial charge >= 0.3 is 0 Å². The van der Waals surface area contributed by atoms with Crippen molar-refractivity contribution in [3.05, 3.63) is 65.5 Å². The normalized spacial score (nSPS) is 20.4. The third kappa shape index (κ3) is 6.01. The first-order chi connectivity index (χ1) is 16.0. The lowest BCUT2D eigenvalue weighted by Gasteiger charge is -2.41. The monoisotopic (exact) mass is 451 g/mol. The van der Waals surface area contributed by atoms with Crippen LogP contribution in [0.4, 0.5) is 4.39 Å². The molecule has 1 aliphatic rings. The van der Waals surface area contributed by atoms with Crippen molar-refractivity contribution in [3.8, 4) is 11.9 Å². The van der Waals surface area contributed by atoms with E-state index in [1.807, 2.05) is 25.2 Å². The highest BCUT2D eigenvalue weighted by Crippen LogP contribution is 2.39. The summed E-state index contributed by atoms with van der Waals surface area (Å²) in [4.78, 5) is 17.2. The molecule has 1 saturated carbocycles. The predicted octanol–water partition coefficient (Wildman–Crippen LogP) is 3.48. The van der Waals surface area contributed by atoms with E-state index >= 15 is 0 Å². The van der Waals surface area contributed by atoms with Crippen LogP contribution in [0.25, 0.3) is 0 Å². The summed E-state index contributed by atoms with van der Waals surface area (Å²) in [6.45, 7) is 2.85.